The molecule has 0 aromatic rings. The summed E-state index contributed by atoms with van der Waals surface area (Å²) in [5.41, 5.74) is -0.485. The van der Waals surface area contributed by atoms with Gasteiger partial charge in [-0.05, 0) is 25.9 Å². The topological polar surface area (TPSA) is 55.4 Å². The predicted molar refractivity (Wildman–Crippen MR) is 64.8 cm³/mol. The van der Waals surface area contributed by atoms with E-state index in [0.717, 1.165) is 0 Å². The van der Waals surface area contributed by atoms with E-state index >= 15 is 0 Å². The Hall–Kier alpha value is -0.645. The van der Waals surface area contributed by atoms with E-state index in [-0.39, 0.29) is 10.3 Å². The van der Waals surface area contributed by atoms with Gasteiger partial charge in [0.2, 0.25) is 0 Å². The first-order valence-electron chi connectivity index (χ1n) is 4.85. The van der Waals surface area contributed by atoms with Crippen molar-refractivity contribution in [2.24, 2.45) is 0 Å². The Bertz CT molecular complexity index is 240. The summed E-state index contributed by atoms with van der Waals surface area (Å²) in [6.07, 6.45) is -0.446. The van der Waals surface area contributed by atoms with Crippen LogP contribution in [0.1, 0.15) is 27.7 Å². The molecule has 0 bridgehead atoms. The molecule has 0 aromatic heterocycles. The van der Waals surface area contributed by atoms with Crippen LogP contribution in [0, 0.1) is 0 Å². The lowest BCUT2D eigenvalue weighted by Gasteiger charge is -2.20. The number of carbonyl (C=O) groups is 2. The fraction of sp³-hybridized carbons (Fsp3) is 0.778. The molecule has 1 amide bonds. The Morgan fingerprint density at radius 3 is 2.40 bits per heavy atom. The van der Waals surface area contributed by atoms with Gasteiger partial charge in [-0.25, -0.2) is 4.79 Å². The number of carbonyl (C=O) groups excluding carboxylic acids is 2. The Morgan fingerprint density at radius 2 is 2.00 bits per heavy atom. The second kappa shape index (κ2) is 6.05. The van der Waals surface area contributed by atoms with Crippen molar-refractivity contribution in [3.63, 3.8) is 0 Å². The van der Waals surface area contributed by atoms with Gasteiger partial charge in [0.1, 0.15) is 13.4 Å². The van der Waals surface area contributed by atoms with Gasteiger partial charge in [0.15, 0.2) is 5.12 Å². The van der Waals surface area contributed by atoms with E-state index in [2.05, 4.69) is 5.32 Å². The number of hydrogen-bond donors (Lipinski definition) is 1. The third-order valence-electron chi connectivity index (χ3n) is 1.30. The summed E-state index contributed by atoms with van der Waals surface area (Å²) >= 11 is 1.21. The highest BCUT2D eigenvalue weighted by Gasteiger charge is 2.16. The maximum atomic E-state index is 11.2. The highest BCUT2D eigenvalue weighted by Crippen LogP contribution is 2.08. The van der Waals surface area contributed by atoms with Crippen molar-refractivity contribution >= 4 is 30.8 Å². The summed E-state index contributed by atoms with van der Waals surface area (Å²) in [7, 11) is 1.88. The molecule has 1 unspecified atom stereocenters. The van der Waals surface area contributed by atoms with Gasteiger partial charge in [0, 0.05) is 13.5 Å². The van der Waals surface area contributed by atoms with Crippen molar-refractivity contribution in [1.82, 2.24) is 5.32 Å². The molecule has 0 heterocycles. The Balaban J connectivity index is 3.76. The Kier molecular flexibility index (Phi) is 5.79. The van der Waals surface area contributed by atoms with Gasteiger partial charge in [-0.3, -0.25) is 4.79 Å². The molecular weight excluding hydrogens is 213 g/mol. The average Bonchev–Trinajstić information content (AvgIpc) is 1.96. The molecule has 86 valence electrons. The van der Waals surface area contributed by atoms with Gasteiger partial charge < -0.3 is 10.1 Å². The van der Waals surface area contributed by atoms with Crippen molar-refractivity contribution in [2.45, 2.75) is 38.4 Å². The molecule has 6 heteroatoms. The van der Waals surface area contributed by atoms with Crippen LogP contribution in [0.2, 0.25) is 0 Å². The first kappa shape index (κ1) is 14.4. The maximum Gasteiger partial charge on any atom is 0.407 e. The van der Waals surface area contributed by atoms with E-state index in [0.29, 0.717) is 6.54 Å². The van der Waals surface area contributed by atoms with E-state index in [1.165, 1.54) is 18.7 Å². The molecule has 0 radical (unpaired) electrons. The lowest BCUT2D eigenvalue weighted by atomic mass is 10.1. The minimum absolute atomic E-state index is 0.0495. The second-order valence-electron chi connectivity index (χ2n) is 4.30. The number of rotatable bonds is 3. The normalized spacial score (nSPS) is 13.1. The molecule has 1 N–H and O–H groups in total. The smallest absolute Gasteiger partial charge is 0.407 e. The van der Waals surface area contributed by atoms with Gasteiger partial charge >= 0.3 is 6.09 Å². The molecule has 0 saturated carbocycles. The van der Waals surface area contributed by atoms with Crippen LogP contribution in [0.5, 0.6) is 0 Å². The number of amides is 1. The molecule has 0 spiro atoms. The summed E-state index contributed by atoms with van der Waals surface area (Å²) < 4.78 is 5.05. The standard InChI is InChI=1S/C9H18BNO3S/c1-6(12)15-7(10)5-11-8(13)14-9(2,3)4/h7H,5,10H2,1-4H3,(H,11,13). The fourth-order valence-electron chi connectivity index (χ4n) is 0.866. The fourth-order valence-corrected chi connectivity index (χ4v) is 1.60. The van der Waals surface area contributed by atoms with Crippen LogP contribution < -0.4 is 5.32 Å². The number of ether oxygens (including phenoxy) is 1. The average molecular weight is 231 g/mol. The summed E-state index contributed by atoms with van der Waals surface area (Å²) in [5.74, 6) is 0. The molecule has 0 aliphatic carbocycles. The largest absolute Gasteiger partial charge is 0.444 e. The van der Waals surface area contributed by atoms with Crippen LogP contribution in [-0.4, -0.2) is 36.3 Å². The van der Waals surface area contributed by atoms with E-state index in [1.807, 2.05) is 7.85 Å². The van der Waals surface area contributed by atoms with Crippen LogP contribution in [-0.2, 0) is 9.53 Å². The van der Waals surface area contributed by atoms with E-state index < -0.39 is 11.7 Å². The zero-order chi connectivity index (χ0) is 12.1. The summed E-state index contributed by atoms with van der Waals surface area (Å²) in [4.78, 5) is 22.0. The highest BCUT2D eigenvalue weighted by molar-refractivity contribution is 8.14. The van der Waals surface area contributed by atoms with Gasteiger partial charge in [0.05, 0.1) is 0 Å². The minimum atomic E-state index is -0.485. The van der Waals surface area contributed by atoms with E-state index in [4.69, 9.17) is 4.74 Å². The van der Waals surface area contributed by atoms with Crippen molar-refractivity contribution in [3.05, 3.63) is 0 Å². The molecule has 0 saturated heterocycles. The quantitative estimate of drug-likeness (QED) is 0.728. The number of nitrogens with one attached hydrogen (secondary N) is 1. The predicted octanol–water partition coefficient (Wildman–Crippen LogP) is 0.750. The first-order valence-corrected chi connectivity index (χ1v) is 5.73. The maximum absolute atomic E-state index is 11.2. The number of alkyl carbamates (subject to hydrolysis) is 1. The van der Waals surface area contributed by atoms with Crippen LogP contribution in [0.15, 0.2) is 0 Å². The molecule has 1 atom stereocenters. The summed E-state index contributed by atoms with van der Waals surface area (Å²) in [5, 5.41) is 2.72. The second-order valence-corrected chi connectivity index (χ2v) is 5.92. The molecule has 0 fully saturated rings. The van der Waals surface area contributed by atoms with Gasteiger partial charge in [-0.15, -0.1) is 0 Å². The van der Waals surface area contributed by atoms with Gasteiger partial charge in [-0.1, -0.05) is 11.8 Å². The SMILES string of the molecule is BC(CNC(=O)OC(C)(C)C)SC(C)=O. The van der Waals surface area contributed by atoms with Gasteiger partial charge in [-0.2, -0.15) is 0 Å². The van der Waals surface area contributed by atoms with Crippen LogP contribution >= 0.6 is 11.8 Å². The summed E-state index contributed by atoms with van der Waals surface area (Å²) in [6.45, 7) is 7.36. The highest BCUT2D eigenvalue weighted by atomic mass is 32.2. The molecule has 0 aliphatic heterocycles. The molecule has 4 nitrogen and oxygen atoms in total. The van der Waals surface area contributed by atoms with Crippen molar-refractivity contribution < 1.29 is 14.3 Å². The van der Waals surface area contributed by atoms with Crippen LogP contribution in [0.25, 0.3) is 0 Å². The monoisotopic (exact) mass is 231 g/mol. The molecule has 15 heavy (non-hydrogen) atoms. The molecule has 0 aromatic carbocycles. The molecular formula is C9H18BNO3S. The van der Waals surface area contributed by atoms with Crippen LogP contribution in [0.4, 0.5) is 4.79 Å². The minimum Gasteiger partial charge on any atom is -0.444 e. The zero-order valence-corrected chi connectivity index (χ0v) is 10.7. The van der Waals surface area contributed by atoms with Crippen molar-refractivity contribution in [3.8, 4) is 0 Å². The van der Waals surface area contributed by atoms with Gasteiger partial charge in [0.25, 0.3) is 0 Å². The number of thioether (sulfide) groups is 1. The molecule has 0 aliphatic rings. The lowest BCUT2D eigenvalue weighted by molar-refractivity contribution is -0.109. The number of hydrogen-bond acceptors (Lipinski definition) is 4. The zero-order valence-electron chi connectivity index (χ0n) is 9.92. The van der Waals surface area contributed by atoms with Crippen LogP contribution in [0.3, 0.4) is 0 Å². The third-order valence-corrected chi connectivity index (χ3v) is 2.20. The summed E-state index contributed by atoms with van der Waals surface area (Å²) in [6, 6.07) is 0. The Labute approximate surface area is 95.9 Å². The lowest BCUT2D eigenvalue weighted by Crippen LogP contribution is -2.36. The van der Waals surface area contributed by atoms with E-state index in [9.17, 15) is 9.59 Å². The van der Waals surface area contributed by atoms with Crippen molar-refractivity contribution in [2.75, 3.05) is 6.54 Å². The first-order chi connectivity index (χ1) is 6.70. The third kappa shape index (κ3) is 9.65. The Morgan fingerprint density at radius 1 is 1.47 bits per heavy atom. The molecule has 0 rings (SSSR count). The van der Waals surface area contributed by atoms with Crippen molar-refractivity contribution in [1.29, 1.82) is 0 Å². The van der Waals surface area contributed by atoms with E-state index in [1.54, 1.807) is 20.8 Å².